The lowest BCUT2D eigenvalue weighted by Gasteiger charge is -1.52. The molecule has 2 nitrogen and oxygen atoms in total. The van der Waals surface area contributed by atoms with Crippen molar-refractivity contribution in [3.8, 4) is 0 Å². The molecule has 0 saturated carbocycles. The molecule has 0 aromatic carbocycles. The zero-order valence-electron chi connectivity index (χ0n) is 2.35. The van der Waals surface area contributed by atoms with Crippen LogP contribution in [0.15, 0.2) is 0 Å². The molecule has 0 bridgehead atoms. The maximum atomic E-state index is 9.40. The minimum Gasteiger partial charge on any atom is -0.237 e. The van der Waals surface area contributed by atoms with Gasteiger partial charge in [-0.2, -0.15) is 0 Å². The van der Waals surface area contributed by atoms with E-state index in [9.17, 15) is 9.13 Å². The topological polar surface area (TPSA) is 34.1 Å². The monoisotopic (exact) mass is 204 g/mol. The summed E-state index contributed by atoms with van der Waals surface area (Å²) in [6.07, 6.45) is 0. The fourth-order valence-corrected chi connectivity index (χ4v) is 0. The zero-order valence-corrected chi connectivity index (χ0v) is 5.40. The van der Waals surface area contributed by atoms with E-state index < -0.39 is 7.68 Å². The lowest BCUT2D eigenvalue weighted by molar-refractivity contribution is 0.519. The van der Waals surface area contributed by atoms with Crippen LogP contribution in [-0.4, -0.2) is 4.17 Å². The second-order valence-corrected chi connectivity index (χ2v) is 3.40. The highest BCUT2D eigenvalue weighted by atomic mass is 127. The molecule has 0 fully saturated rings. The minimum atomic E-state index is -2.11. The van der Waals surface area contributed by atoms with Crippen LogP contribution >= 0.6 is 30.3 Å². The molecule has 5 heavy (non-hydrogen) atoms. The van der Waals surface area contributed by atoms with E-state index in [2.05, 4.69) is 0 Å². The van der Waals surface area contributed by atoms with E-state index in [4.69, 9.17) is 0 Å². The predicted octanol–water partition coefficient (Wildman–Crippen LogP) is 1.55. The van der Waals surface area contributed by atoms with Gasteiger partial charge in [-0.3, -0.25) is 0 Å². The Morgan fingerprint density at radius 3 is 1.80 bits per heavy atom. The van der Waals surface area contributed by atoms with E-state index in [0.717, 1.165) is 0 Å². The molecule has 0 amide bonds. The lowest BCUT2D eigenvalue weighted by Crippen LogP contribution is -1.36. The molecule has 30 valence electrons. The standard InChI is InChI=1S/CH2IO2P/c2-1-5(3)4/h1H2. The van der Waals surface area contributed by atoms with Crippen LogP contribution in [0.3, 0.4) is 0 Å². The molecule has 0 aliphatic carbocycles. The summed E-state index contributed by atoms with van der Waals surface area (Å²) < 4.78 is 19.0. The number of halogens is 1. The molecule has 4 heteroatoms. The minimum absolute atomic E-state index is 0.229. The molecule has 0 aliphatic heterocycles. The van der Waals surface area contributed by atoms with Crippen LogP contribution in [0, 0.1) is 0 Å². The van der Waals surface area contributed by atoms with Crippen molar-refractivity contribution in [2.24, 2.45) is 0 Å². The molecule has 0 aromatic heterocycles. The van der Waals surface area contributed by atoms with Gasteiger partial charge in [0.25, 0.3) is 0 Å². The third kappa shape index (κ3) is 4.63. The van der Waals surface area contributed by atoms with Crippen molar-refractivity contribution < 1.29 is 9.13 Å². The molecular formula is CH2IO2P. The molecule has 0 saturated heterocycles. The molecule has 0 rings (SSSR count). The average molecular weight is 204 g/mol. The zero-order chi connectivity index (χ0) is 4.28. The molecule has 0 aliphatic rings. The number of hydrogen-bond acceptors (Lipinski definition) is 2. The third-order valence-corrected chi connectivity index (χ3v) is 1.96. The smallest absolute Gasteiger partial charge is 0.237 e. The molecular weight excluding hydrogens is 202 g/mol. The summed E-state index contributed by atoms with van der Waals surface area (Å²) >= 11 is 1.78. The van der Waals surface area contributed by atoms with Crippen LogP contribution in [0.4, 0.5) is 0 Å². The van der Waals surface area contributed by atoms with Gasteiger partial charge in [0.05, 0.1) is 0 Å². The predicted molar refractivity (Wildman–Crippen MR) is 27.2 cm³/mol. The fourth-order valence-electron chi connectivity index (χ4n) is 0. The second kappa shape index (κ2) is 2.85. The Hall–Kier alpha value is 0.630. The highest BCUT2D eigenvalue weighted by molar-refractivity contribution is 14.1. The third-order valence-electron chi connectivity index (χ3n) is 0.0976. The molecule has 0 radical (unpaired) electrons. The second-order valence-electron chi connectivity index (χ2n) is 0.452. The first kappa shape index (κ1) is 5.63. The van der Waals surface area contributed by atoms with Crippen LogP contribution in [0.2, 0.25) is 0 Å². The van der Waals surface area contributed by atoms with Gasteiger partial charge in [0.1, 0.15) is 4.17 Å². The van der Waals surface area contributed by atoms with Gasteiger partial charge in [0, 0.05) is 0 Å². The van der Waals surface area contributed by atoms with Gasteiger partial charge in [-0.25, -0.2) is 9.13 Å². The SMILES string of the molecule is O=P(=O)CI. The van der Waals surface area contributed by atoms with Gasteiger partial charge in [0.15, 0.2) is 0 Å². The Bertz CT molecular complexity index is 67.7. The first-order valence-corrected chi connectivity index (χ1v) is 3.84. The summed E-state index contributed by atoms with van der Waals surface area (Å²) in [5.41, 5.74) is 0. The van der Waals surface area contributed by atoms with Crippen molar-refractivity contribution in [3.63, 3.8) is 0 Å². The highest BCUT2D eigenvalue weighted by Crippen LogP contribution is 2.05. The van der Waals surface area contributed by atoms with E-state index in [0.29, 0.717) is 0 Å². The maximum absolute atomic E-state index is 9.40. The van der Waals surface area contributed by atoms with Crippen LogP contribution < -0.4 is 0 Å². The Kier molecular flexibility index (Phi) is 3.20. The van der Waals surface area contributed by atoms with Gasteiger partial charge in [0.2, 0.25) is 0 Å². The Balaban J connectivity index is 3.23. The van der Waals surface area contributed by atoms with Crippen molar-refractivity contribution in [1.82, 2.24) is 0 Å². The summed E-state index contributed by atoms with van der Waals surface area (Å²) in [5, 5.41) is 0. The van der Waals surface area contributed by atoms with Gasteiger partial charge in [-0.15, -0.1) is 0 Å². The van der Waals surface area contributed by atoms with Gasteiger partial charge in [-0.1, -0.05) is 22.6 Å². The van der Waals surface area contributed by atoms with Crippen molar-refractivity contribution in [3.05, 3.63) is 0 Å². The van der Waals surface area contributed by atoms with E-state index >= 15 is 0 Å². The normalized spacial score (nSPS) is 7.40. The van der Waals surface area contributed by atoms with Crippen molar-refractivity contribution in [2.45, 2.75) is 0 Å². The Labute approximate surface area is 43.9 Å². The Morgan fingerprint density at radius 2 is 1.80 bits per heavy atom. The van der Waals surface area contributed by atoms with E-state index in [1.54, 1.807) is 22.6 Å². The highest BCUT2D eigenvalue weighted by Gasteiger charge is 1.75. The summed E-state index contributed by atoms with van der Waals surface area (Å²) in [7, 11) is -2.11. The van der Waals surface area contributed by atoms with Crippen LogP contribution in [0.25, 0.3) is 0 Å². The maximum Gasteiger partial charge on any atom is 0.325 e. The average Bonchev–Trinajstić information content (AvgIpc) is 1.38. The van der Waals surface area contributed by atoms with Crippen molar-refractivity contribution >= 4 is 30.3 Å². The van der Waals surface area contributed by atoms with Crippen molar-refractivity contribution in [1.29, 1.82) is 0 Å². The summed E-state index contributed by atoms with van der Waals surface area (Å²) in [4.78, 5) is 0. The van der Waals surface area contributed by atoms with Gasteiger partial charge < -0.3 is 0 Å². The molecule has 0 aromatic rings. The van der Waals surface area contributed by atoms with Crippen molar-refractivity contribution in [2.75, 3.05) is 4.17 Å². The Morgan fingerprint density at radius 1 is 1.60 bits per heavy atom. The molecule has 0 heterocycles. The first-order valence-electron chi connectivity index (χ1n) is 0.949. The number of rotatable bonds is 1. The quantitative estimate of drug-likeness (QED) is 0.368. The molecule has 0 atom stereocenters. The molecule has 0 N–H and O–H groups in total. The van der Waals surface area contributed by atoms with E-state index in [-0.39, 0.29) is 4.17 Å². The van der Waals surface area contributed by atoms with Gasteiger partial charge in [-0.05, 0) is 0 Å². The lowest BCUT2D eigenvalue weighted by atomic mass is 11.9. The first-order chi connectivity index (χ1) is 2.27. The van der Waals surface area contributed by atoms with E-state index in [1.165, 1.54) is 0 Å². The summed E-state index contributed by atoms with van der Waals surface area (Å²) in [5.74, 6) is 0. The van der Waals surface area contributed by atoms with E-state index in [1.807, 2.05) is 0 Å². The van der Waals surface area contributed by atoms with Gasteiger partial charge >= 0.3 is 7.68 Å². The largest absolute Gasteiger partial charge is 0.325 e. The van der Waals surface area contributed by atoms with Crippen LogP contribution in [0.1, 0.15) is 0 Å². The fraction of sp³-hybridized carbons (Fsp3) is 1.00. The molecule has 0 unspecified atom stereocenters. The number of hydrogen-bond donors (Lipinski definition) is 0. The summed E-state index contributed by atoms with van der Waals surface area (Å²) in [6, 6.07) is 0. The molecule has 0 spiro atoms. The summed E-state index contributed by atoms with van der Waals surface area (Å²) in [6.45, 7) is 0. The van der Waals surface area contributed by atoms with Crippen LogP contribution in [0.5, 0.6) is 0 Å². The number of alkyl halides is 1. The van der Waals surface area contributed by atoms with Crippen LogP contribution in [-0.2, 0) is 9.13 Å².